The minimum absolute atomic E-state index is 0.0590. The van der Waals surface area contributed by atoms with Crippen LogP contribution in [-0.4, -0.2) is 28.6 Å². The Kier molecular flexibility index (Phi) is 5.72. The average molecular weight is 386 g/mol. The van der Waals surface area contributed by atoms with Crippen molar-refractivity contribution in [2.45, 2.75) is 6.92 Å². The molecule has 0 aliphatic carbocycles. The van der Waals surface area contributed by atoms with Crippen molar-refractivity contribution in [1.29, 1.82) is 0 Å². The maximum atomic E-state index is 13.6. The van der Waals surface area contributed by atoms with Crippen molar-refractivity contribution in [2.24, 2.45) is 0 Å². The molecule has 0 bridgehead atoms. The summed E-state index contributed by atoms with van der Waals surface area (Å²) < 4.78 is 19.0. The van der Waals surface area contributed by atoms with Gasteiger partial charge in [-0.25, -0.2) is 4.39 Å². The number of aromatic nitrogens is 2. The van der Waals surface area contributed by atoms with Gasteiger partial charge in [-0.1, -0.05) is 35.6 Å². The highest BCUT2D eigenvalue weighted by atomic mass is 32.1. The third-order valence-corrected chi connectivity index (χ3v) is 4.14. The molecule has 0 saturated heterocycles. The lowest BCUT2D eigenvalue weighted by Crippen LogP contribution is -2.22. The van der Waals surface area contributed by atoms with Crippen molar-refractivity contribution >= 4 is 34.0 Å². The molecule has 0 fully saturated rings. The molecule has 1 heterocycles. The van der Waals surface area contributed by atoms with Gasteiger partial charge in [0.1, 0.15) is 16.6 Å². The lowest BCUT2D eigenvalue weighted by Gasteiger charge is -2.11. The number of ether oxygens (including phenoxy) is 1. The van der Waals surface area contributed by atoms with Gasteiger partial charge in [0, 0.05) is 0 Å². The molecular weight excluding hydrogens is 371 g/mol. The second-order valence-corrected chi connectivity index (χ2v) is 6.57. The van der Waals surface area contributed by atoms with Gasteiger partial charge >= 0.3 is 0 Å². The summed E-state index contributed by atoms with van der Waals surface area (Å²) in [4.78, 5) is 24.4. The predicted molar refractivity (Wildman–Crippen MR) is 99.6 cm³/mol. The number of nitrogens with one attached hydrogen (secondary N) is 2. The van der Waals surface area contributed by atoms with Crippen LogP contribution in [0.3, 0.4) is 0 Å². The molecule has 0 aliphatic heterocycles. The van der Waals surface area contributed by atoms with Crippen LogP contribution in [0, 0.1) is 12.7 Å². The molecule has 138 valence electrons. The summed E-state index contributed by atoms with van der Waals surface area (Å²) in [6.07, 6.45) is 0. The number of carbonyl (C=O) groups is 2. The van der Waals surface area contributed by atoms with E-state index in [4.69, 9.17) is 4.74 Å². The fourth-order valence-electron chi connectivity index (χ4n) is 2.18. The highest BCUT2D eigenvalue weighted by Gasteiger charge is 2.15. The van der Waals surface area contributed by atoms with E-state index in [0.717, 1.165) is 5.01 Å². The maximum Gasteiger partial charge on any atom is 0.262 e. The first kappa shape index (κ1) is 18.5. The Morgan fingerprint density at radius 3 is 2.56 bits per heavy atom. The van der Waals surface area contributed by atoms with Crippen LogP contribution in [0.5, 0.6) is 5.75 Å². The number of amides is 2. The van der Waals surface area contributed by atoms with E-state index in [9.17, 15) is 14.0 Å². The minimum Gasteiger partial charge on any atom is -0.483 e. The van der Waals surface area contributed by atoms with Crippen LogP contribution in [-0.2, 0) is 4.79 Å². The molecule has 0 unspecified atom stereocenters. The number of aryl methyl sites for hydroxylation is 1. The molecule has 1 aromatic heterocycles. The molecule has 9 heteroatoms. The van der Waals surface area contributed by atoms with E-state index in [1.54, 1.807) is 37.3 Å². The van der Waals surface area contributed by atoms with Gasteiger partial charge in [-0.15, -0.1) is 10.2 Å². The van der Waals surface area contributed by atoms with E-state index in [1.807, 2.05) is 0 Å². The van der Waals surface area contributed by atoms with Crippen molar-refractivity contribution in [2.75, 3.05) is 17.2 Å². The molecule has 0 radical (unpaired) electrons. The highest BCUT2D eigenvalue weighted by Crippen LogP contribution is 2.21. The zero-order valence-electron chi connectivity index (χ0n) is 14.2. The first-order chi connectivity index (χ1) is 13.0. The van der Waals surface area contributed by atoms with Gasteiger partial charge in [-0.2, -0.15) is 0 Å². The summed E-state index contributed by atoms with van der Waals surface area (Å²) in [7, 11) is 0. The molecule has 2 amide bonds. The van der Waals surface area contributed by atoms with Crippen LogP contribution in [0.15, 0.2) is 48.5 Å². The molecular formula is C18H15FN4O3S. The lowest BCUT2D eigenvalue weighted by molar-refractivity contribution is -0.118. The minimum atomic E-state index is -0.546. The molecule has 3 aromatic rings. The third kappa shape index (κ3) is 4.85. The zero-order valence-corrected chi connectivity index (χ0v) is 15.0. The molecule has 2 aromatic carbocycles. The average Bonchev–Trinajstić information content (AvgIpc) is 3.07. The van der Waals surface area contributed by atoms with Crippen LogP contribution in [0.25, 0.3) is 0 Å². The van der Waals surface area contributed by atoms with Gasteiger partial charge in [-0.05, 0) is 31.2 Å². The number of hydrogen-bond acceptors (Lipinski definition) is 6. The number of halogens is 1. The molecule has 0 aliphatic rings. The number of anilines is 2. The molecule has 3 rings (SSSR count). The number of carbonyl (C=O) groups excluding carboxylic acids is 2. The number of para-hydroxylation sites is 2. The molecule has 27 heavy (non-hydrogen) atoms. The fourth-order valence-corrected chi connectivity index (χ4v) is 2.77. The second-order valence-electron chi connectivity index (χ2n) is 5.39. The van der Waals surface area contributed by atoms with Gasteiger partial charge in [0.15, 0.2) is 6.61 Å². The van der Waals surface area contributed by atoms with Gasteiger partial charge in [0.25, 0.3) is 11.8 Å². The van der Waals surface area contributed by atoms with Crippen molar-refractivity contribution < 1.29 is 18.7 Å². The fraction of sp³-hybridized carbons (Fsp3) is 0.111. The maximum absolute atomic E-state index is 13.6. The van der Waals surface area contributed by atoms with Gasteiger partial charge < -0.3 is 10.1 Å². The Morgan fingerprint density at radius 2 is 1.81 bits per heavy atom. The smallest absolute Gasteiger partial charge is 0.262 e. The molecule has 2 N–H and O–H groups in total. The Labute approximate surface area is 158 Å². The summed E-state index contributed by atoms with van der Waals surface area (Å²) in [5.41, 5.74) is 0.299. The van der Waals surface area contributed by atoms with Gasteiger partial charge in [0.2, 0.25) is 5.13 Å². The largest absolute Gasteiger partial charge is 0.483 e. The summed E-state index contributed by atoms with van der Waals surface area (Å²) in [5.74, 6) is -1.30. The lowest BCUT2D eigenvalue weighted by atomic mass is 10.2. The summed E-state index contributed by atoms with van der Waals surface area (Å²) >= 11 is 1.24. The molecule has 0 spiro atoms. The van der Waals surface area contributed by atoms with Crippen LogP contribution in [0.2, 0.25) is 0 Å². The van der Waals surface area contributed by atoms with E-state index in [-0.39, 0.29) is 23.6 Å². The Balaban J connectivity index is 1.64. The third-order valence-electron chi connectivity index (χ3n) is 3.38. The SMILES string of the molecule is Cc1nnc(NC(=O)c2ccccc2OCC(=O)Nc2ccccc2F)s1. The standard InChI is InChI=1S/C18H15FN4O3S/c1-11-22-23-18(27-11)21-17(25)12-6-2-5-9-15(12)26-10-16(24)20-14-8-4-3-7-13(14)19/h2-9H,10H2,1H3,(H,20,24)(H,21,23,25). The van der Waals surface area contributed by atoms with Crippen LogP contribution < -0.4 is 15.4 Å². The normalized spacial score (nSPS) is 10.3. The van der Waals surface area contributed by atoms with E-state index in [2.05, 4.69) is 20.8 Å². The number of rotatable bonds is 6. The van der Waals surface area contributed by atoms with Crippen molar-refractivity contribution in [3.8, 4) is 5.75 Å². The van der Waals surface area contributed by atoms with Crippen molar-refractivity contribution in [3.05, 3.63) is 64.9 Å². The van der Waals surface area contributed by atoms with Crippen LogP contribution in [0.1, 0.15) is 15.4 Å². The Bertz CT molecular complexity index is 977. The van der Waals surface area contributed by atoms with E-state index < -0.39 is 17.6 Å². The van der Waals surface area contributed by atoms with Crippen molar-refractivity contribution in [3.63, 3.8) is 0 Å². The second kappa shape index (κ2) is 8.37. The van der Waals surface area contributed by atoms with E-state index in [1.165, 1.54) is 29.5 Å². The number of hydrogen-bond donors (Lipinski definition) is 2. The first-order valence-electron chi connectivity index (χ1n) is 7.90. The van der Waals surface area contributed by atoms with Crippen LogP contribution >= 0.6 is 11.3 Å². The Morgan fingerprint density at radius 1 is 1.07 bits per heavy atom. The molecule has 0 saturated carbocycles. The van der Waals surface area contributed by atoms with E-state index >= 15 is 0 Å². The van der Waals surface area contributed by atoms with Gasteiger partial charge in [0.05, 0.1) is 11.3 Å². The quantitative estimate of drug-likeness (QED) is 0.678. The summed E-state index contributed by atoms with van der Waals surface area (Å²) in [6.45, 7) is 1.40. The van der Waals surface area contributed by atoms with E-state index in [0.29, 0.717) is 5.13 Å². The van der Waals surface area contributed by atoms with Gasteiger partial charge in [-0.3, -0.25) is 14.9 Å². The molecule has 7 nitrogen and oxygen atoms in total. The zero-order chi connectivity index (χ0) is 19.2. The Hall–Kier alpha value is -3.33. The van der Waals surface area contributed by atoms with Crippen LogP contribution in [0.4, 0.5) is 15.2 Å². The highest BCUT2D eigenvalue weighted by molar-refractivity contribution is 7.15. The monoisotopic (exact) mass is 386 g/mol. The first-order valence-corrected chi connectivity index (χ1v) is 8.72. The summed E-state index contributed by atoms with van der Waals surface area (Å²) in [6, 6.07) is 12.3. The van der Waals surface area contributed by atoms with Crippen molar-refractivity contribution in [1.82, 2.24) is 10.2 Å². The topological polar surface area (TPSA) is 93.2 Å². The number of benzene rings is 2. The molecule has 0 atom stereocenters. The predicted octanol–water partition coefficient (Wildman–Crippen LogP) is 3.26. The number of nitrogens with zero attached hydrogens (tertiary/aromatic N) is 2. The summed E-state index contributed by atoms with van der Waals surface area (Å²) in [5, 5.41) is 13.8.